The topological polar surface area (TPSA) is 26.3 Å². The van der Waals surface area contributed by atoms with Crippen LogP contribution in [0, 0.1) is 0 Å². The third-order valence-corrected chi connectivity index (χ3v) is 2.08. The number of methoxy groups -OCH3 is 1. The molecule has 0 saturated carbocycles. The third kappa shape index (κ3) is 3.71. The molecule has 2 nitrogen and oxygen atoms in total. The largest absolute Gasteiger partial charge is 0.466 e. The SMILES string of the molecule is COC(=O)C=CC=Cc1ccsc1. The first-order valence-electron chi connectivity index (χ1n) is 3.78. The summed E-state index contributed by atoms with van der Waals surface area (Å²) >= 11 is 1.64. The van der Waals surface area contributed by atoms with Crippen molar-refractivity contribution in [1.82, 2.24) is 0 Å². The zero-order valence-electron chi connectivity index (χ0n) is 7.27. The average Bonchev–Trinajstić information content (AvgIpc) is 2.64. The van der Waals surface area contributed by atoms with Crippen molar-refractivity contribution in [3.8, 4) is 0 Å². The molecule has 0 fully saturated rings. The van der Waals surface area contributed by atoms with E-state index in [-0.39, 0.29) is 5.97 Å². The lowest BCUT2D eigenvalue weighted by molar-refractivity contribution is -0.134. The highest BCUT2D eigenvalue weighted by molar-refractivity contribution is 7.08. The van der Waals surface area contributed by atoms with E-state index in [4.69, 9.17) is 0 Å². The number of allylic oxidation sites excluding steroid dienone is 2. The Kier molecular flexibility index (Phi) is 3.99. The second-order valence-corrected chi connectivity index (χ2v) is 3.08. The van der Waals surface area contributed by atoms with Gasteiger partial charge in [0.15, 0.2) is 0 Å². The normalized spacial score (nSPS) is 11.2. The Morgan fingerprint density at radius 3 is 3.00 bits per heavy atom. The van der Waals surface area contributed by atoms with Crippen molar-refractivity contribution >= 4 is 23.4 Å². The van der Waals surface area contributed by atoms with Crippen molar-refractivity contribution in [2.75, 3.05) is 7.11 Å². The fourth-order valence-electron chi connectivity index (χ4n) is 0.739. The minimum Gasteiger partial charge on any atom is -0.466 e. The molecular weight excluding hydrogens is 184 g/mol. The molecule has 0 N–H and O–H groups in total. The molecule has 0 radical (unpaired) electrons. The zero-order chi connectivity index (χ0) is 9.52. The summed E-state index contributed by atoms with van der Waals surface area (Å²) in [4.78, 5) is 10.6. The van der Waals surface area contributed by atoms with Gasteiger partial charge in [-0.2, -0.15) is 11.3 Å². The molecule has 1 aromatic heterocycles. The smallest absolute Gasteiger partial charge is 0.330 e. The molecular formula is C10H10O2S. The zero-order valence-corrected chi connectivity index (χ0v) is 8.08. The Morgan fingerprint density at radius 1 is 1.54 bits per heavy atom. The monoisotopic (exact) mass is 194 g/mol. The lowest BCUT2D eigenvalue weighted by atomic mass is 10.3. The van der Waals surface area contributed by atoms with Crippen molar-refractivity contribution in [3.05, 3.63) is 40.6 Å². The number of esters is 1. The van der Waals surface area contributed by atoms with Gasteiger partial charge in [-0.05, 0) is 22.4 Å². The molecule has 0 unspecified atom stereocenters. The molecule has 0 spiro atoms. The number of hydrogen-bond acceptors (Lipinski definition) is 3. The second-order valence-electron chi connectivity index (χ2n) is 2.30. The van der Waals surface area contributed by atoms with Crippen molar-refractivity contribution < 1.29 is 9.53 Å². The van der Waals surface area contributed by atoms with Crippen LogP contribution in [0.15, 0.2) is 35.1 Å². The van der Waals surface area contributed by atoms with Gasteiger partial charge in [0.05, 0.1) is 7.11 Å². The maximum absolute atomic E-state index is 10.6. The van der Waals surface area contributed by atoms with Crippen LogP contribution in [-0.4, -0.2) is 13.1 Å². The van der Waals surface area contributed by atoms with E-state index in [1.165, 1.54) is 13.2 Å². The maximum Gasteiger partial charge on any atom is 0.330 e. The van der Waals surface area contributed by atoms with E-state index in [0.29, 0.717) is 0 Å². The summed E-state index contributed by atoms with van der Waals surface area (Å²) in [5, 5.41) is 4.03. The van der Waals surface area contributed by atoms with Crippen LogP contribution in [0.1, 0.15) is 5.56 Å². The van der Waals surface area contributed by atoms with Gasteiger partial charge < -0.3 is 4.74 Å². The molecule has 0 aliphatic heterocycles. The number of rotatable bonds is 3. The van der Waals surface area contributed by atoms with Crippen LogP contribution in [0.5, 0.6) is 0 Å². The highest BCUT2D eigenvalue weighted by Crippen LogP contribution is 2.07. The number of carbonyl (C=O) groups excluding carboxylic acids is 1. The minimum absolute atomic E-state index is 0.338. The van der Waals surface area contributed by atoms with Crippen molar-refractivity contribution in [3.63, 3.8) is 0 Å². The average molecular weight is 194 g/mol. The van der Waals surface area contributed by atoms with Gasteiger partial charge in [0.2, 0.25) is 0 Å². The Balaban J connectivity index is 2.42. The van der Waals surface area contributed by atoms with E-state index in [2.05, 4.69) is 4.74 Å². The summed E-state index contributed by atoms with van der Waals surface area (Å²) in [5.74, 6) is -0.338. The molecule has 13 heavy (non-hydrogen) atoms. The van der Waals surface area contributed by atoms with Gasteiger partial charge in [0.25, 0.3) is 0 Å². The van der Waals surface area contributed by atoms with Gasteiger partial charge in [-0.3, -0.25) is 0 Å². The lowest BCUT2D eigenvalue weighted by Gasteiger charge is -1.86. The summed E-state index contributed by atoms with van der Waals surface area (Å²) in [6, 6.07) is 2.01. The van der Waals surface area contributed by atoms with Crippen LogP contribution in [-0.2, 0) is 9.53 Å². The van der Waals surface area contributed by atoms with Crippen molar-refractivity contribution in [1.29, 1.82) is 0 Å². The van der Waals surface area contributed by atoms with Crippen LogP contribution in [0.4, 0.5) is 0 Å². The van der Waals surface area contributed by atoms with Crippen molar-refractivity contribution in [2.45, 2.75) is 0 Å². The predicted molar refractivity (Wildman–Crippen MR) is 54.5 cm³/mol. The third-order valence-electron chi connectivity index (χ3n) is 1.38. The molecule has 1 rings (SSSR count). The first-order chi connectivity index (χ1) is 6.33. The highest BCUT2D eigenvalue weighted by atomic mass is 32.1. The van der Waals surface area contributed by atoms with E-state index in [9.17, 15) is 4.79 Å². The quantitative estimate of drug-likeness (QED) is 0.420. The molecule has 0 bridgehead atoms. The Hall–Kier alpha value is -1.35. The number of hydrogen-bond donors (Lipinski definition) is 0. The Morgan fingerprint density at radius 2 is 2.38 bits per heavy atom. The number of ether oxygens (including phenoxy) is 1. The van der Waals surface area contributed by atoms with Crippen LogP contribution in [0.2, 0.25) is 0 Å². The molecule has 0 atom stereocenters. The highest BCUT2D eigenvalue weighted by Gasteiger charge is 1.87. The molecule has 0 aliphatic carbocycles. The van der Waals surface area contributed by atoms with Gasteiger partial charge in [0, 0.05) is 6.08 Å². The van der Waals surface area contributed by atoms with Gasteiger partial charge in [-0.15, -0.1) is 0 Å². The van der Waals surface area contributed by atoms with E-state index in [1.807, 2.05) is 22.9 Å². The first-order valence-corrected chi connectivity index (χ1v) is 4.72. The molecule has 3 heteroatoms. The first kappa shape index (κ1) is 9.74. The molecule has 0 amide bonds. The van der Waals surface area contributed by atoms with Crippen LogP contribution in [0.3, 0.4) is 0 Å². The molecule has 0 aliphatic rings. The number of thiophene rings is 1. The van der Waals surface area contributed by atoms with E-state index >= 15 is 0 Å². The molecule has 1 aromatic rings. The maximum atomic E-state index is 10.6. The van der Waals surface area contributed by atoms with Crippen LogP contribution < -0.4 is 0 Å². The van der Waals surface area contributed by atoms with E-state index < -0.39 is 0 Å². The molecule has 1 heterocycles. The summed E-state index contributed by atoms with van der Waals surface area (Å²) in [5.41, 5.74) is 1.14. The molecule has 68 valence electrons. The Bertz CT molecular complexity index is 310. The summed E-state index contributed by atoms with van der Waals surface area (Å²) in [6.07, 6.45) is 6.77. The fourth-order valence-corrected chi connectivity index (χ4v) is 1.37. The summed E-state index contributed by atoms with van der Waals surface area (Å²) < 4.78 is 4.43. The van der Waals surface area contributed by atoms with Gasteiger partial charge in [0.1, 0.15) is 0 Å². The molecule has 0 saturated heterocycles. The lowest BCUT2D eigenvalue weighted by Crippen LogP contribution is -1.92. The van der Waals surface area contributed by atoms with Crippen LogP contribution >= 0.6 is 11.3 Å². The second kappa shape index (κ2) is 5.32. The summed E-state index contributed by atoms with van der Waals surface area (Å²) in [7, 11) is 1.36. The summed E-state index contributed by atoms with van der Waals surface area (Å²) in [6.45, 7) is 0. The van der Waals surface area contributed by atoms with Gasteiger partial charge >= 0.3 is 5.97 Å². The van der Waals surface area contributed by atoms with Gasteiger partial charge in [-0.25, -0.2) is 4.79 Å². The van der Waals surface area contributed by atoms with Crippen LogP contribution in [0.25, 0.3) is 6.08 Å². The standard InChI is InChI=1S/C10H10O2S/c1-12-10(11)5-3-2-4-9-6-7-13-8-9/h2-8H,1H3. The number of carbonyl (C=O) groups is 1. The van der Waals surface area contributed by atoms with Gasteiger partial charge in [-0.1, -0.05) is 18.2 Å². The predicted octanol–water partition coefficient (Wildman–Crippen LogP) is 2.49. The molecule has 0 aromatic carbocycles. The van der Waals surface area contributed by atoms with E-state index in [0.717, 1.165) is 5.56 Å². The fraction of sp³-hybridized carbons (Fsp3) is 0.100. The minimum atomic E-state index is -0.338. The Labute approximate surface area is 81.2 Å². The van der Waals surface area contributed by atoms with E-state index in [1.54, 1.807) is 23.5 Å². The van der Waals surface area contributed by atoms with Crippen molar-refractivity contribution in [2.24, 2.45) is 0 Å².